The fraction of sp³-hybridized carbons (Fsp3) is 0.308. The first-order valence-corrected chi connectivity index (χ1v) is 7.09. The van der Waals surface area contributed by atoms with E-state index in [4.69, 9.17) is 10.5 Å². The summed E-state index contributed by atoms with van der Waals surface area (Å²) >= 11 is 3.40. The van der Waals surface area contributed by atoms with Crippen molar-refractivity contribution in [2.24, 2.45) is 0 Å². The minimum atomic E-state index is 0.143. The number of hydrogen-bond acceptors (Lipinski definition) is 6. The number of benzene rings is 1. The molecule has 20 heavy (non-hydrogen) atoms. The molecule has 0 radical (unpaired) electrons. The molecule has 0 aliphatic heterocycles. The van der Waals surface area contributed by atoms with E-state index in [9.17, 15) is 0 Å². The molecule has 3 N–H and O–H groups in total. The van der Waals surface area contributed by atoms with E-state index in [-0.39, 0.29) is 12.0 Å². The molecule has 0 unspecified atom stereocenters. The van der Waals surface area contributed by atoms with E-state index in [1.54, 1.807) is 0 Å². The Morgan fingerprint density at radius 1 is 1.20 bits per heavy atom. The zero-order chi connectivity index (χ0) is 14.4. The third kappa shape index (κ3) is 4.34. The van der Waals surface area contributed by atoms with Crippen molar-refractivity contribution in [1.29, 1.82) is 0 Å². The van der Waals surface area contributed by atoms with Gasteiger partial charge in [0.05, 0.1) is 6.61 Å². The third-order valence-electron chi connectivity index (χ3n) is 2.43. The lowest BCUT2D eigenvalue weighted by molar-refractivity contribution is 0.292. The van der Waals surface area contributed by atoms with Crippen LogP contribution in [0.2, 0.25) is 0 Å². The van der Waals surface area contributed by atoms with E-state index < -0.39 is 0 Å². The Bertz CT molecular complexity index is 561. The Balaban J connectivity index is 2.01. The minimum absolute atomic E-state index is 0.143. The molecule has 1 heterocycles. The van der Waals surface area contributed by atoms with Crippen molar-refractivity contribution in [2.75, 3.05) is 17.7 Å². The molecule has 106 valence electrons. The van der Waals surface area contributed by atoms with Crippen molar-refractivity contribution in [3.63, 3.8) is 0 Å². The number of aromatic nitrogens is 3. The van der Waals surface area contributed by atoms with Gasteiger partial charge in [0.25, 0.3) is 0 Å². The van der Waals surface area contributed by atoms with E-state index >= 15 is 0 Å². The fourth-order valence-electron chi connectivity index (χ4n) is 1.49. The number of nitrogens with two attached hydrogens (primary N) is 1. The maximum absolute atomic E-state index is 5.63. The molecule has 6 nitrogen and oxygen atoms in total. The number of rotatable bonds is 6. The monoisotopic (exact) mass is 337 g/mol. The van der Waals surface area contributed by atoms with Gasteiger partial charge < -0.3 is 15.8 Å². The number of hydrogen-bond donors (Lipinski definition) is 2. The molecule has 0 spiro atoms. The zero-order valence-corrected chi connectivity index (χ0v) is 12.7. The van der Waals surface area contributed by atoms with Crippen molar-refractivity contribution in [2.45, 2.75) is 19.9 Å². The lowest BCUT2D eigenvalue weighted by Gasteiger charge is -2.08. The molecule has 0 saturated carbocycles. The minimum Gasteiger partial charge on any atom is -0.463 e. The molecule has 0 atom stereocenters. The molecule has 1 aromatic heterocycles. The largest absolute Gasteiger partial charge is 0.463 e. The number of nitrogens with zero attached hydrogens (tertiary/aromatic N) is 3. The van der Waals surface area contributed by atoms with Crippen LogP contribution in [0.25, 0.3) is 0 Å². The average Bonchev–Trinajstić information content (AvgIpc) is 2.44. The highest BCUT2D eigenvalue weighted by Gasteiger charge is 2.05. The maximum Gasteiger partial charge on any atom is 0.323 e. The first-order valence-electron chi connectivity index (χ1n) is 6.30. The van der Waals surface area contributed by atoms with Gasteiger partial charge in [-0.15, -0.1) is 0 Å². The van der Waals surface area contributed by atoms with Gasteiger partial charge in [-0.3, -0.25) is 0 Å². The molecule has 0 saturated heterocycles. The normalized spacial score (nSPS) is 10.3. The van der Waals surface area contributed by atoms with Gasteiger partial charge >= 0.3 is 6.01 Å². The van der Waals surface area contributed by atoms with Crippen molar-refractivity contribution < 1.29 is 4.74 Å². The predicted molar refractivity (Wildman–Crippen MR) is 81.5 cm³/mol. The molecule has 0 fully saturated rings. The van der Waals surface area contributed by atoms with Gasteiger partial charge in [0.2, 0.25) is 11.9 Å². The van der Waals surface area contributed by atoms with Gasteiger partial charge in [-0.1, -0.05) is 35.0 Å². The van der Waals surface area contributed by atoms with Gasteiger partial charge in [-0.2, -0.15) is 15.0 Å². The lowest BCUT2D eigenvalue weighted by Crippen LogP contribution is -2.09. The molecule has 2 aromatic rings. The lowest BCUT2D eigenvalue weighted by atomic mass is 10.2. The third-order valence-corrected chi connectivity index (χ3v) is 2.96. The van der Waals surface area contributed by atoms with E-state index in [1.807, 2.05) is 31.2 Å². The molecule has 1 aromatic carbocycles. The van der Waals surface area contributed by atoms with E-state index in [0.29, 0.717) is 19.1 Å². The van der Waals surface area contributed by atoms with Gasteiger partial charge in [-0.25, -0.2) is 0 Å². The Kier molecular flexibility index (Phi) is 5.11. The highest BCUT2D eigenvalue weighted by atomic mass is 79.9. The van der Waals surface area contributed by atoms with Crippen LogP contribution >= 0.6 is 15.9 Å². The van der Waals surface area contributed by atoms with Crippen molar-refractivity contribution in [3.8, 4) is 6.01 Å². The van der Waals surface area contributed by atoms with Crippen LogP contribution in [0.3, 0.4) is 0 Å². The van der Waals surface area contributed by atoms with Crippen LogP contribution in [-0.2, 0) is 6.54 Å². The van der Waals surface area contributed by atoms with Crippen LogP contribution in [-0.4, -0.2) is 21.6 Å². The number of nitrogens with one attached hydrogen (secondary N) is 1. The number of halogens is 1. The molecule has 0 aliphatic rings. The summed E-state index contributed by atoms with van der Waals surface area (Å²) in [5, 5.41) is 3.10. The highest BCUT2D eigenvalue weighted by molar-refractivity contribution is 9.10. The summed E-state index contributed by atoms with van der Waals surface area (Å²) in [4.78, 5) is 12.1. The maximum atomic E-state index is 5.63. The van der Waals surface area contributed by atoms with E-state index in [1.165, 1.54) is 0 Å². The summed E-state index contributed by atoms with van der Waals surface area (Å²) in [6.07, 6.45) is 0.882. The van der Waals surface area contributed by atoms with Crippen LogP contribution in [0.5, 0.6) is 6.01 Å². The first kappa shape index (κ1) is 14.5. The molecule has 0 bridgehead atoms. The van der Waals surface area contributed by atoms with Crippen LogP contribution in [0, 0.1) is 0 Å². The molecule has 2 rings (SSSR count). The van der Waals surface area contributed by atoms with Gasteiger partial charge in [0.15, 0.2) is 0 Å². The van der Waals surface area contributed by atoms with Crippen molar-refractivity contribution in [3.05, 3.63) is 34.3 Å². The Labute approximate surface area is 125 Å². The van der Waals surface area contributed by atoms with Crippen molar-refractivity contribution in [1.82, 2.24) is 15.0 Å². The zero-order valence-electron chi connectivity index (χ0n) is 11.1. The van der Waals surface area contributed by atoms with Gasteiger partial charge in [-0.05, 0) is 24.1 Å². The van der Waals surface area contributed by atoms with Gasteiger partial charge in [0, 0.05) is 11.0 Å². The Morgan fingerprint density at radius 2 is 1.95 bits per heavy atom. The fourth-order valence-corrected chi connectivity index (χ4v) is 1.76. The SMILES string of the molecule is CCCOc1nc(N)nc(NCc2ccc(Br)cc2)n1. The summed E-state index contributed by atoms with van der Waals surface area (Å²) in [6.45, 7) is 3.16. The second kappa shape index (κ2) is 7.04. The van der Waals surface area contributed by atoms with E-state index in [0.717, 1.165) is 16.5 Å². The molecule has 0 amide bonds. The number of nitrogen functional groups attached to an aromatic ring is 1. The number of ether oxygens (including phenoxy) is 1. The van der Waals surface area contributed by atoms with Gasteiger partial charge in [0.1, 0.15) is 0 Å². The highest BCUT2D eigenvalue weighted by Crippen LogP contribution is 2.13. The molecule has 7 heteroatoms. The quantitative estimate of drug-likeness (QED) is 0.842. The second-order valence-electron chi connectivity index (χ2n) is 4.13. The molecule has 0 aliphatic carbocycles. The first-order chi connectivity index (χ1) is 9.67. The van der Waals surface area contributed by atoms with Crippen LogP contribution in [0.15, 0.2) is 28.7 Å². The van der Waals surface area contributed by atoms with Crippen LogP contribution < -0.4 is 15.8 Å². The average molecular weight is 338 g/mol. The van der Waals surface area contributed by atoms with Crippen molar-refractivity contribution >= 4 is 27.8 Å². The Hall–Kier alpha value is -1.89. The second-order valence-corrected chi connectivity index (χ2v) is 5.04. The van der Waals surface area contributed by atoms with E-state index in [2.05, 4.69) is 36.2 Å². The number of anilines is 2. The Morgan fingerprint density at radius 3 is 2.65 bits per heavy atom. The summed E-state index contributed by atoms with van der Waals surface area (Å²) in [5.41, 5.74) is 6.75. The molecular weight excluding hydrogens is 322 g/mol. The summed E-state index contributed by atoms with van der Waals surface area (Å²) in [7, 11) is 0. The standard InChI is InChI=1S/C13H16BrN5O/c1-2-7-20-13-18-11(15)17-12(19-13)16-8-9-3-5-10(14)6-4-9/h3-6H,2,7-8H2,1H3,(H3,15,16,17,18,19). The van der Waals surface area contributed by atoms with Crippen LogP contribution in [0.4, 0.5) is 11.9 Å². The van der Waals surface area contributed by atoms with Crippen LogP contribution in [0.1, 0.15) is 18.9 Å². The molecular formula is C13H16BrN5O. The smallest absolute Gasteiger partial charge is 0.323 e. The topological polar surface area (TPSA) is 86.0 Å². The predicted octanol–water partition coefficient (Wildman–Crippen LogP) is 2.62. The summed E-state index contributed by atoms with van der Waals surface area (Å²) in [5.74, 6) is 0.552. The summed E-state index contributed by atoms with van der Waals surface area (Å²) < 4.78 is 6.40. The summed E-state index contributed by atoms with van der Waals surface area (Å²) in [6, 6.07) is 8.23.